The van der Waals surface area contributed by atoms with Crippen molar-refractivity contribution in [3.63, 3.8) is 0 Å². The Labute approximate surface area is 116 Å². The van der Waals surface area contributed by atoms with Crippen LogP contribution in [0.1, 0.15) is 46.0 Å². The molecule has 0 radical (unpaired) electrons. The summed E-state index contributed by atoms with van der Waals surface area (Å²) in [6, 6.07) is 0.611. The van der Waals surface area contributed by atoms with Crippen molar-refractivity contribution < 1.29 is 9.53 Å². The van der Waals surface area contributed by atoms with E-state index in [1.165, 1.54) is 0 Å². The van der Waals surface area contributed by atoms with Crippen LogP contribution in [0.25, 0.3) is 0 Å². The quantitative estimate of drug-likeness (QED) is 0.798. The molecule has 4 heteroatoms. The Hall–Kier alpha value is -0.610. The van der Waals surface area contributed by atoms with E-state index in [1.54, 1.807) is 0 Å². The predicted octanol–water partition coefficient (Wildman–Crippen LogP) is 1.79. The van der Waals surface area contributed by atoms with Gasteiger partial charge in [-0.3, -0.25) is 4.79 Å². The molecule has 1 saturated carbocycles. The third kappa shape index (κ3) is 4.18. The Morgan fingerprint density at radius 2 is 1.95 bits per heavy atom. The third-order valence-electron chi connectivity index (χ3n) is 4.40. The lowest BCUT2D eigenvalue weighted by Crippen LogP contribution is -2.46. The van der Waals surface area contributed by atoms with Gasteiger partial charge in [-0.15, -0.1) is 0 Å². The molecule has 4 nitrogen and oxygen atoms in total. The second-order valence-electron chi connectivity index (χ2n) is 5.83. The van der Waals surface area contributed by atoms with Gasteiger partial charge in [-0.05, 0) is 45.1 Å². The topological polar surface area (TPSA) is 41.6 Å². The largest absolute Gasteiger partial charge is 0.378 e. The van der Waals surface area contributed by atoms with Crippen LogP contribution in [0, 0.1) is 5.92 Å². The van der Waals surface area contributed by atoms with Gasteiger partial charge in [0.05, 0.1) is 6.10 Å². The van der Waals surface area contributed by atoms with Crippen molar-refractivity contribution in [2.24, 2.45) is 5.92 Å². The van der Waals surface area contributed by atoms with Gasteiger partial charge in [0.2, 0.25) is 5.91 Å². The maximum Gasteiger partial charge on any atom is 0.222 e. The van der Waals surface area contributed by atoms with Crippen LogP contribution in [0.5, 0.6) is 0 Å². The smallest absolute Gasteiger partial charge is 0.222 e. The molecule has 0 spiro atoms. The second-order valence-corrected chi connectivity index (χ2v) is 5.83. The standard InChI is InChI=1S/C15H28N2O2/c1-3-16-13-5-7-17(8-6-13)15(18)11-12-9-14(10-12)19-4-2/h12-14,16H,3-11H2,1-2H3. The monoisotopic (exact) mass is 268 g/mol. The van der Waals surface area contributed by atoms with Crippen molar-refractivity contribution in [1.29, 1.82) is 0 Å². The van der Waals surface area contributed by atoms with Gasteiger partial charge in [-0.2, -0.15) is 0 Å². The molecule has 1 amide bonds. The molecule has 1 heterocycles. The molecule has 2 rings (SSSR count). The van der Waals surface area contributed by atoms with Gasteiger partial charge in [0.25, 0.3) is 0 Å². The summed E-state index contributed by atoms with van der Waals surface area (Å²) in [6.45, 7) is 7.86. The Morgan fingerprint density at radius 1 is 1.26 bits per heavy atom. The number of carbonyl (C=O) groups excluding carboxylic acids is 1. The molecule has 2 aliphatic rings. The summed E-state index contributed by atoms with van der Waals surface area (Å²) in [6.07, 6.45) is 5.51. The number of carbonyl (C=O) groups is 1. The van der Waals surface area contributed by atoms with Gasteiger partial charge in [-0.1, -0.05) is 6.92 Å². The van der Waals surface area contributed by atoms with Crippen LogP contribution in [0.2, 0.25) is 0 Å². The van der Waals surface area contributed by atoms with Crippen LogP contribution >= 0.6 is 0 Å². The van der Waals surface area contributed by atoms with Gasteiger partial charge < -0.3 is 15.0 Å². The minimum atomic E-state index is 0.356. The first-order valence-corrected chi connectivity index (χ1v) is 7.85. The van der Waals surface area contributed by atoms with Crippen LogP contribution in [0.15, 0.2) is 0 Å². The van der Waals surface area contributed by atoms with Gasteiger partial charge in [0.1, 0.15) is 0 Å². The van der Waals surface area contributed by atoms with Crippen molar-refractivity contribution in [2.45, 2.75) is 58.1 Å². The number of hydrogen-bond donors (Lipinski definition) is 1. The number of amides is 1. The summed E-state index contributed by atoms with van der Waals surface area (Å²) < 4.78 is 5.54. The molecule has 0 aromatic rings. The highest BCUT2D eigenvalue weighted by molar-refractivity contribution is 5.76. The fourth-order valence-corrected chi connectivity index (χ4v) is 3.21. The number of piperidine rings is 1. The molecule has 1 aliphatic heterocycles. The highest BCUT2D eigenvalue weighted by atomic mass is 16.5. The summed E-state index contributed by atoms with van der Waals surface area (Å²) in [4.78, 5) is 14.3. The zero-order chi connectivity index (χ0) is 13.7. The van der Waals surface area contributed by atoms with Gasteiger partial charge in [-0.25, -0.2) is 0 Å². The zero-order valence-corrected chi connectivity index (χ0v) is 12.4. The van der Waals surface area contributed by atoms with Crippen LogP contribution in [0.3, 0.4) is 0 Å². The minimum Gasteiger partial charge on any atom is -0.378 e. The molecule has 1 aliphatic carbocycles. The van der Waals surface area contributed by atoms with E-state index in [0.29, 0.717) is 24.0 Å². The van der Waals surface area contributed by atoms with Crippen molar-refractivity contribution in [3.8, 4) is 0 Å². The second kappa shape index (κ2) is 7.25. The van der Waals surface area contributed by atoms with Crippen molar-refractivity contribution >= 4 is 5.91 Å². The van der Waals surface area contributed by atoms with E-state index >= 15 is 0 Å². The van der Waals surface area contributed by atoms with E-state index in [0.717, 1.165) is 58.3 Å². The summed E-state index contributed by atoms with van der Waals surface area (Å²) in [5, 5.41) is 3.47. The Balaban J connectivity index is 1.63. The van der Waals surface area contributed by atoms with E-state index in [4.69, 9.17) is 4.74 Å². The highest BCUT2D eigenvalue weighted by Crippen LogP contribution is 2.33. The van der Waals surface area contributed by atoms with E-state index in [2.05, 4.69) is 17.1 Å². The lowest BCUT2D eigenvalue weighted by atomic mass is 9.79. The number of ether oxygens (including phenoxy) is 1. The predicted molar refractivity (Wildman–Crippen MR) is 76.0 cm³/mol. The lowest BCUT2D eigenvalue weighted by Gasteiger charge is -2.37. The molecule has 0 unspecified atom stereocenters. The molecule has 19 heavy (non-hydrogen) atoms. The van der Waals surface area contributed by atoms with Crippen LogP contribution in [-0.4, -0.2) is 49.2 Å². The number of hydrogen-bond acceptors (Lipinski definition) is 3. The maximum atomic E-state index is 12.2. The first-order valence-electron chi connectivity index (χ1n) is 7.85. The molecule has 1 saturated heterocycles. The summed E-state index contributed by atoms with van der Waals surface area (Å²) in [5.41, 5.74) is 0. The number of nitrogens with one attached hydrogen (secondary N) is 1. The Morgan fingerprint density at radius 3 is 2.53 bits per heavy atom. The van der Waals surface area contributed by atoms with Crippen LogP contribution in [0.4, 0.5) is 0 Å². The minimum absolute atomic E-state index is 0.356. The average Bonchev–Trinajstić information content (AvgIpc) is 2.37. The van der Waals surface area contributed by atoms with Gasteiger partial charge >= 0.3 is 0 Å². The lowest BCUT2D eigenvalue weighted by molar-refractivity contribution is -0.135. The molecule has 0 aromatic heterocycles. The SMILES string of the molecule is CCNC1CCN(C(=O)CC2CC(OCC)C2)CC1. The summed E-state index contributed by atoms with van der Waals surface area (Å²) >= 11 is 0. The highest BCUT2D eigenvalue weighted by Gasteiger charge is 2.33. The fourth-order valence-electron chi connectivity index (χ4n) is 3.21. The number of nitrogens with zero attached hydrogens (tertiary/aromatic N) is 1. The molecule has 2 fully saturated rings. The van der Waals surface area contributed by atoms with Crippen LogP contribution < -0.4 is 5.32 Å². The molecular weight excluding hydrogens is 240 g/mol. The third-order valence-corrected chi connectivity index (χ3v) is 4.40. The number of likely N-dealkylation sites (tertiary alicyclic amines) is 1. The van der Waals surface area contributed by atoms with Gasteiger partial charge in [0, 0.05) is 32.2 Å². The van der Waals surface area contributed by atoms with E-state index in [1.807, 2.05) is 6.92 Å². The molecule has 1 N–H and O–H groups in total. The molecule has 0 atom stereocenters. The van der Waals surface area contributed by atoms with Crippen molar-refractivity contribution in [2.75, 3.05) is 26.2 Å². The average molecular weight is 268 g/mol. The Bertz CT molecular complexity index is 282. The fraction of sp³-hybridized carbons (Fsp3) is 0.933. The molecule has 110 valence electrons. The van der Waals surface area contributed by atoms with Gasteiger partial charge in [0.15, 0.2) is 0 Å². The normalized spacial score (nSPS) is 28.2. The van der Waals surface area contributed by atoms with Crippen LogP contribution in [-0.2, 0) is 9.53 Å². The van der Waals surface area contributed by atoms with Crippen molar-refractivity contribution in [3.05, 3.63) is 0 Å². The first-order chi connectivity index (χ1) is 9.22. The van der Waals surface area contributed by atoms with E-state index in [9.17, 15) is 4.79 Å². The number of rotatable bonds is 6. The summed E-state index contributed by atoms with van der Waals surface area (Å²) in [5.74, 6) is 0.922. The molecular formula is C15H28N2O2. The molecule has 0 bridgehead atoms. The zero-order valence-electron chi connectivity index (χ0n) is 12.4. The molecule has 0 aromatic carbocycles. The van der Waals surface area contributed by atoms with E-state index in [-0.39, 0.29) is 0 Å². The Kier molecular flexibility index (Phi) is 5.64. The van der Waals surface area contributed by atoms with E-state index < -0.39 is 0 Å². The maximum absolute atomic E-state index is 12.2. The summed E-state index contributed by atoms with van der Waals surface area (Å²) in [7, 11) is 0. The first kappa shape index (κ1) is 14.8. The van der Waals surface area contributed by atoms with Crippen molar-refractivity contribution in [1.82, 2.24) is 10.2 Å².